The molecule has 0 spiro atoms. The van der Waals surface area contributed by atoms with Crippen molar-refractivity contribution in [3.63, 3.8) is 0 Å². The smallest absolute Gasteiger partial charge is 0.223 e. The van der Waals surface area contributed by atoms with Gasteiger partial charge in [-0.05, 0) is 25.3 Å². The van der Waals surface area contributed by atoms with Crippen LogP contribution in [0.3, 0.4) is 0 Å². The molecular weight excluding hydrogens is 308 g/mol. The van der Waals surface area contributed by atoms with Crippen LogP contribution in [-0.4, -0.2) is 36.4 Å². The fourth-order valence-corrected chi connectivity index (χ4v) is 2.84. The summed E-state index contributed by atoms with van der Waals surface area (Å²) in [4.78, 5) is 35.7. The zero-order valence-corrected chi connectivity index (χ0v) is 14.1. The molecule has 1 aromatic carbocycles. The third kappa shape index (κ3) is 4.41. The van der Waals surface area contributed by atoms with E-state index in [9.17, 15) is 14.4 Å². The second-order valence-corrected chi connectivity index (χ2v) is 6.61. The molecule has 1 aliphatic heterocycles. The molecular formula is C18H24N2O4. The van der Waals surface area contributed by atoms with E-state index < -0.39 is 17.4 Å². The molecule has 130 valence electrons. The van der Waals surface area contributed by atoms with Crippen molar-refractivity contribution in [1.82, 2.24) is 5.32 Å². The molecule has 1 fully saturated rings. The summed E-state index contributed by atoms with van der Waals surface area (Å²) in [5.41, 5.74) is 5.74. The molecule has 1 heterocycles. The van der Waals surface area contributed by atoms with E-state index in [1.807, 2.05) is 30.3 Å². The quantitative estimate of drug-likeness (QED) is 0.777. The molecule has 0 aromatic heterocycles. The number of nitrogens with two attached hydrogens (primary N) is 1. The number of hydrogen-bond donors (Lipinski definition) is 2. The maximum absolute atomic E-state index is 12.1. The normalized spacial score (nSPS) is 22.8. The molecule has 0 saturated carbocycles. The first kappa shape index (κ1) is 18.1. The average molecular weight is 332 g/mol. The van der Waals surface area contributed by atoms with Gasteiger partial charge >= 0.3 is 0 Å². The molecule has 1 aromatic rings. The number of carbonyl (C=O) groups is 3. The van der Waals surface area contributed by atoms with Crippen molar-refractivity contribution >= 4 is 17.6 Å². The highest BCUT2D eigenvalue weighted by atomic mass is 16.5. The maximum Gasteiger partial charge on any atom is 0.223 e. The Bertz CT molecular complexity index is 617. The minimum absolute atomic E-state index is 0.0269. The lowest BCUT2D eigenvalue weighted by molar-refractivity contribution is -0.129. The molecule has 0 radical (unpaired) electrons. The fourth-order valence-electron chi connectivity index (χ4n) is 2.84. The van der Waals surface area contributed by atoms with Crippen LogP contribution in [0.15, 0.2) is 30.3 Å². The van der Waals surface area contributed by atoms with Gasteiger partial charge in [-0.15, -0.1) is 0 Å². The van der Waals surface area contributed by atoms with Crippen LogP contribution in [0.25, 0.3) is 0 Å². The van der Waals surface area contributed by atoms with E-state index >= 15 is 0 Å². The van der Waals surface area contributed by atoms with Crippen molar-refractivity contribution in [1.29, 1.82) is 0 Å². The highest BCUT2D eigenvalue weighted by Crippen LogP contribution is 2.28. The Morgan fingerprint density at radius 2 is 2.00 bits per heavy atom. The lowest BCUT2D eigenvalue weighted by atomic mass is 9.79. The van der Waals surface area contributed by atoms with Crippen molar-refractivity contribution in [3.8, 4) is 0 Å². The SMILES string of the molecule is C[C@@H]1OCC(=O)[C@H]1NC(=O)CC[C@@](C)(Cc1ccccc1)C(N)=O. The van der Waals surface area contributed by atoms with Crippen molar-refractivity contribution in [2.75, 3.05) is 6.61 Å². The number of ether oxygens (including phenoxy) is 1. The lowest BCUT2D eigenvalue weighted by Gasteiger charge is -2.26. The maximum atomic E-state index is 12.1. The van der Waals surface area contributed by atoms with E-state index in [1.165, 1.54) is 0 Å². The number of Topliss-reactive ketones (excluding diaryl/α,β-unsaturated/α-hetero) is 1. The minimum atomic E-state index is -0.819. The molecule has 0 aliphatic carbocycles. The summed E-state index contributed by atoms with van der Waals surface area (Å²) < 4.78 is 5.20. The highest BCUT2D eigenvalue weighted by molar-refractivity contribution is 5.92. The number of primary amides is 1. The highest BCUT2D eigenvalue weighted by Gasteiger charge is 2.35. The number of ketones is 1. The Morgan fingerprint density at radius 1 is 1.33 bits per heavy atom. The minimum Gasteiger partial charge on any atom is -0.369 e. The summed E-state index contributed by atoms with van der Waals surface area (Å²) in [6, 6.07) is 8.95. The Hall–Kier alpha value is -2.21. The lowest BCUT2D eigenvalue weighted by Crippen LogP contribution is -2.44. The summed E-state index contributed by atoms with van der Waals surface area (Å²) in [6.07, 6.45) is 0.591. The van der Waals surface area contributed by atoms with E-state index in [0.29, 0.717) is 12.8 Å². The number of nitrogens with one attached hydrogen (secondary N) is 1. The molecule has 0 unspecified atom stereocenters. The van der Waals surface area contributed by atoms with Crippen LogP contribution >= 0.6 is 0 Å². The third-order valence-corrected chi connectivity index (χ3v) is 4.56. The zero-order valence-electron chi connectivity index (χ0n) is 14.1. The van der Waals surface area contributed by atoms with Gasteiger partial charge in [0.15, 0.2) is 5.78 Å². The van der Waals surface area contributed by atoms with Gasteiger partial charge in [-0.1, -0.05) is 37.3 Å². The topological polar surface area (TPSA) is 98.5 Å². The van der Waals surface area contributed by atoms with Crippen LogP contribution < -0.4 is 11.1 Å². The van der Waals surface area contributed by atoms with E-state index in [0.717, 1.165) is 5.56 Å². The van der Waals surface area contributed by atoms with E-state index in [1.54, 1.807) is 13.8 Å². The molecule has 24 heavy (non-hydrogen) atoms. The average Bonchev–Trinajstić information content (AvgIpc) is 2.86. The first-order valence-corrected chi connectivity index (χ1v) is 8.09. The summed E-state index contributed by atoms with van der Waals surface area (Å²) in [6.45, 7) is 3.54. The van der Waals surface area contributed by atoms with Gasteiger partial charge in [0.1, 0.15) is 12.6 Å². The van der Waals surface area contributed by atoms with Crippen LogP contribution in [0, 0.1) is 5.41 Å². The summed E-state index contributed by atoms with van der Waals surface area (Å²) in [5.74, 6) is -0.836. The Kier molecular flexibility index (Phi) is 5.72. The summed E-state index contributed by atoms with van der Waals surface area (Å²) >= 11 is 0. The Labute approximate surface area is 141 Å². The first-order chi connectivity index (χ1) is 11.3. The van der Waals surface area contributed by atoms with Crippen LogP contribution in [0.5, 0.6) is 0 Å². The Morgan fingerprint density at radius 3 is 2.54 bits per heavy atom. The van der Waals surface area contributed by atoms with Crippen molar-refractivity contribution < 1.29 is 19.1 Å². The van der Waals surface area contributed by atoms with Crippen LogP contribution in [0.4, 0.5) is 0 Å². The fraction of sp³-hybridized carbons (Fsp3) is 0.500. The van der Waals surface area contributed by atoms with Crippen LogP contribution in [0.1, 0.15) is 32.3 Å². The van der Waals surface area contributed by atoms with Gasteiger partial charge < -0.3 is 15.8 Å². The van der Waals surface area contributed by atoms with Gasteiger partial charge in [-0.25, -0.2) is 0 Å². The van der Waals surface area contributed by atoms with Crippen molar-refractivity contribution in [2.45, 2.75) is 45.3 Å². The van der Waals surface area contributed by atoms with Gasteiger partial charge in [0, 0.05) is 6.42 Å². The second kappa shape index (κ2) is 7.57. The second-order valence-electron chi connectivity index (χ2n) is 6.61. The molecule has 3 atom stereocenters. The molecule has 0 bridgehead atoms. The zero-order chi connectivity index (χ0) is 17.7. The number of rotatable bonds is 7. The van der Waals surface area contributed by atoms with Crippen LogP contribution in [0.2, 0.25) is 0 Å². The number of benzene rings is 1. The predicted molar refractivity (Wildman–Crippen MR) is 89.0 cm³/mol. The van der Waals surface area contributed by atoms with Gasteiger partial charge in [-0.3, -0.25) is 14.4 Å². The van der Waals surface area contributed by atoms with E-state index in [-0.39, 0.29) is 30.8 Å². The Balaban J connectivity index is 1.94. The molecule has 1 saturated heterocycles. The molecule has 2 rings (SSSR count). The molecule has 3 N–H and O–H groups in total. The predicted octanol–water partition coefficient (Wildman–Crippen LogP) is 0.973. The summed E-state index contributed by atoms with van der Waals surface area (Å²) in [7, 11) is 0. The molecule has 6 nitrogen and oxygen atoms in total. The molecule has 6 heteroatoms. The molecule has 2 amide bonds. The van der Waals surface area contributed by atoms with Crippen molar-refractivity contribution in [3.05, 3.63) is 35.9 Å². The first-order valence-electron chi connectivity index (χ1n) is 8.09. The van der Waals surface area contributed by atoms with Crippen LogP contribution in [-0.2, 0) is 25.5 Å². The van der Waals surface area contributed by atoms with Crippen molar-refractivity contribution in [2.24, 2.45) is 11.1 Å². The van der Waals surface area contributed by atoms with Gasteiger partial charge in [0.05, 0.1) is 11.5 Å². The number of amides is 2. The standard InChI is InChI=1S/C18H24N2O4/c1-12-16(14(21)11-24-12)20-15(22)8-9-18(2,17(19)23)10-13-6-4-3-5-7-13/h3-7,12,16H,8-11H2,1-2H3,(H2,19,23)(H,20,22)/t12-,16-,18-/m0/s1. The van der Waals surface area contributed by atoms with Gasteiger partial charge in [-0.2, -0.15) is 0 Å². The number of hydrogen-bond acceptors (Lipinski definition) is 4. The van der Waals surface area contributed by atoms with E-state index in [2.05, 4.69) is 5.32 Å². The third-order valence-electron chi connectivity index (χ3n) is 4.56. The number of carbonyl (C=O) groups excluding carboxylic acids is 3. The molecule has 1 aliphatic rings. The van der Waals surface area contributed by atoms with E-state index in [4.69, 9.17) is 10.5 Å². The van der Waals surface area contributed by atoms with Gasteiger partial charge in [0.2, 0.25) is 11.8 Å². The largest absolute Gasteiger partial charge is 0.369 e. The summed E-state index contributed by atoms with van der Waals surface area (Å²) in [5, 5.41) is 2.69. The van der Waals surface area contributed by atoms with Gasteiger partial charge in [0.25, 0.3) is 0 Å². The monoisotopic (exact) mass is 332 g/mol.